The van der Waals surface area contributed by atoms with Gasteiger partial charge in [-0.05, 0) is 47.7 Å². The second-order valence-electron chi connectivity index (χ2n) is 7.18. The Labute approximate surface area is 166 Å². The van der Waals surface area contributed by atoms with Crippen LogP contribution in [0.2, 0.25) is 0 Å². The maximum atomic E-state index is 5.80. The van der Waals surface area contributed by atoms with Crippen molar-refractivity contribution in [1.82, 2.24) is 4.90 Å². The van der Waals surface area contributed by atoms with E-state index in [9.17, 15) is 0 Å². The normalized spacial score (nSPS) is 17.8. The van der Waals surface area contributed by atoms with Gasteiger partial charge in [-0.3, -0.25) is 4.90 Å². The lowest BCUT2D eigenvalue weighted by atomic mass is 9.83. The lowest BCUT2D eigenvalue weighted by molar-refractivity contribution is 0.157. The van der Waals surface area contributed by atoms with E-state index in [0.717, 1.165) is 48.9 Å². The molecule has 0 saturated carbocycles. The van der Waals surface area contributed by atoms with E-state index in [0.29, 0.717) is 12.6 Å². The van der Waals surface area contributed by atoms with Gasteiger partial charge in [0.15, 0.2) is 23.0 Å². The number of hydrogen-bond donors (Lipinski definition) is 0. The molecule has 0 amide bonds. The zero-order valence-corrected chi connectivity index (χ0v) is 16.8. The summed E-state index contributed by atoms with van der Waals surface area (Å²) in [6.07, 6.45) is 3.68. The van der Waals surface area contributed by atoms with Gasteiger partial charge in [-0.2, -0.15) is 0 Å². The predicted molar refractivity (Wildman–Crippen MR) is 109 cm³/mol. The molecular weight excluding hydrogens is 354 g/mol. The van der Waals surface area contributed by atoms with Gasteiger partial charge in [-0.25, -0.2) is 0 Å². The lowest BCUT2D eigenvalue weighted by Gasteiger charge is -2.42. The van der Waals surface area contributed by atoms with Crippen LogP contribution in [0.3, 0.4) is 0 Å². The standard InChI is InChI=1S/C23H27NO4/c1-5-10-28-22-12-16-8-9-24-14-18-15(6-7-20(25-2)23(18)27-4)11-19(24)17(16)13-21(22)26-3/h5-7,12-13,19H,1,8-11,14H2,2-4H3. The third-order valence-corrected chi connectivity index (χ3v) is 5.77. The molecule has 0 N–H and O–H groups in total. The minimum absolute atomic E-state index is 0.330. The van der Waals surface area contributed by atoms with Crippen molar-refractivity contribution in [3.8, 4) is 23.0 Å². The van der Waals surface area contributed by atoms with Crippen LogP contribution in [0.25, 0.3) is 0 Å². The van der Waals surface area contributed by atoms with Crippen molar-refractivity contribution >= 4 is 0 Å². The van der Waals surface area contributed by atoms with E-state index in [1.165, 1.54) is 22.3 Å². The first-order valence-corrected chi connectivity index (χ1v) is 9.61. The van der Waals surface area contributed by atoms with Crippen molar-refractivity contribution in [3.63, 3.8) is 0 Å². The Morgan fingerprint density at radius 2 is 1.86 bits per heavy atom. The molecule has 0 spiro atoms. The first-order valence-electron chi connectivity index (χ1n) is 9.61. The number of benzene rings is 2. The van der Waals surface area contributed by atoms with Crippen molar-refractivity contribution in [2.24, 2.45) is 0 Å². The fourth-order valence-electron chi connectivity index (χ4n) is 4.42. The lowest BCUT2D eigenvalue weighted by Crippen LogP contribution is -2.39. The molecule has 2 aromatic rings. The minimum Gasteiger partial charge on any atom is -0.493 e. The van der Waals surface area contributed by atoms with Gasteiger partial charge in [-0.15, -0.1) is 0 Å². The fourth-order valence-corrected chi connectivity index (χ4v) is 4.42. The van der Waals surface area contributed by atoms with Gasteiger partial charge in [0.05, 0.1) is 21.3 Å². The van der Waals surface area contributed by atoms with Gasteiger partial charge < -0.3 is 18.9 Å². The topological polar surface area (TPSA) is 40.2 Å². The maximum absolute atomic E-state index is 5.80. The van der Waals surface area contributed by atoms with Crippen LogP contribution in [0.15, 0.2) is 36.9 Å². The highest BCUT2D eigenvalue weighted by Crippen LogP contribution is 2.45. The monoisotopic (exact) mass is 381 g/mol. The number of nitrogens with zero attached hydrogens (tertiary/aromatic N) is 1. The van der Waals surface area contributed by atoms with Crippen LogP contribution in [0.5, 0.6) is 23.0 Å². The van der Waals surface area contributed by atoms with Gasteiger partial charge in [0.25, 0.3) is 0 Å². The molecule has 2 aliphatic heterocycles. The molecule has 148 valence electrons. The molecule has 0 saturated heterocycles. The molecule has 0 bridgehead atoms. The molecule has 1 unspecified atom stereocenters. The van der Waals surface area contributed by atoms with Gasteiger partial charge in [0.1, 0.15) is 6.61 Å². The van der Waals surface area contributed by atoms with Gasteiger partial charge in [0, 0.05) is 24.7 Å². The van der Waals surface area contributed by atoms with E-state index < -0.39 is 0 Å². The Morgan fingerprint density at radius 1 is 1.04 bits per heavy atom. The molecule has 28 heavy (non-hydrogen) atoms. The highest BCUT2D eigenvalue weighted by Gasteiger charge is 2.35. The summed E-state index contributed by atoms with van der Waals surface area (Å²) >= 11 is 0. The molecule has 0 fully saturated rings. The summed E-state index contributed by atoms with van der Waals surface area (Å²) in [5.41, 5.74) is 5.22. The first-order chi connectivity index (χ1) is 13.7. The second kappa shape index (κ2) is 7.76. The quantitative estimate of drug-likeness (QED) is 0.709. The minimum atomic E-state index is 0.330. The summed E-state index contributed by atoms with van der Waals surface area (Å²) in [5.74, 6) is 3.22. The van der Waals surface area contributed by atoms with Crippen LogP contribution in [-0.4, -0.2) is 39.4 Å². The Morgan fingerprint density at radius 3 is 2.57 bits per heavy atom. The smallest absolute Gasteiger partial charge is 0.165 e. The highest BCUT2D eigenvalue weighted by atomic mass is 16.5. The Kier molecular flexibility index (Phi) is 5.18. The average molecular weight is 381 g/mol. The number of methoxy groups -OCH3 is 3. The summed E-state index contributed by atoms with van der Waals surface area (Å²) in [5, 5.41) is 0. The third-order valence-electron chi connectivity index (χ3n) is 5.77. The molecule has 0 radical (unpaired) electrons. The molecule has 5 heteroatoms. The van der Waals surface area contributed by atoms with Gasteiger partial charge in [0.2, 0.25) is 0 Å². The van der Waals surface area contributed by atoms with Crippen molar-refractivity contribution < 1.29 is 18.9 Å². The van der Waals surface area contributed by atoms with Crippen LogP contribution in [0.4, 0.5) is 0 Å². The molecule has 2 aromatic carbocycles. The summed E-state index contributed by atoms with van der Waals surface area (Å²) in [6.45, 7) is 6.06. The van der Waals surface area contributed by atoms with Crippen LogP contribution >= 0.6 is 0 Å². The molecular formula is C23H27NO4. The van der Waals surface area contributed by atoms with Crippen molar-refractivity contribution in [1.29, 1.82) is 0 Å². The van der Waals surface area contributed by atoms with Crippen LogP contribution < -0.4 is 18.9 Å². The molecule has 0 aliphatic carbocycles. The fraction of sp³-hybridized carbons (Fsp3) is 0.391. The molecule has 4 rings (SSSR count). The Bertz CT molecular complexity index is 893. The number of ether oxygens (including phenoxy) is 4. The van der Waals surface area contributed by atoms with E-state index >= 15 is 0 Å². The van der Waals surface area contributed by atoms with E-state index in [1.54, 1.807) is 27.4 Å². The van der Waals surface area contributed by atoms with Gasteiger partial charge >= 0.3 is 0 Å². The first kappa shape index (κ1) is 18.7. The Hall–Kier alpha value is -2.66. The van der Waals surface area contributed by atoms with Crippen LogP contribution in [-0.2, 0) is 19.4 Å². The van der Waals surface area contributed by atoms with E-state index in [-0.39, 0.29) is 0 Å². The largest absolute Gasteiger partial charge is 0.493 e. The van der Waals surface area contributed by atoms with Crippen molar-refractivity contribution in [3.05, 3.63) is 59.2 Å². The molecule has 0 aromatic heterocycles. The SMILES string of the molecule is C=CCOc1cc2c(cc1OC)C1Cc3ccc(OC)c(OC)c3CN1CC2. The van der Waals surface area contributed by atoms with Crippen LogP contribution in [0, 0.1) is 0 Å². The number of rotatable bonds is 6. The summed E-state index contributed by atoms with van der Waals surface area (Å²) in [6, 6.07) is 8.79. The number of hydrogen-bond acceptors (Lipinski definition) is 5. The molecule has 2 heterocycles. The third kappa shape index (κ3) is 3.10. The molecule has 5 nitrogen and oxygen atoms in total. The zero-order chi connectivity index (χ0) is 19.7. The van der Waals surface area contributed by atoms with Crippen molar-refractivity contribution in [2.75, 3.05) is 34.5 Å². The number of fused-ring (bicyclic) bond motifs is 4. The van der Waals surface area contributed by atoms with E-state index in [4.69, 9.17) is 18.9 Å². The summed E-state index contributed by atoms with van der Waals surface area (Å²) in [7, 11) is 5.09. The average Bonchev–Trinajstić information content (AvgIpc) is 2.74. The molecule has 2 aliphatic rings. The second-order valence-corrected chi connectivity index (χ2v) is 7.18. The van der Waals surface area contributed by atoms with E-state index in [1.807, 2.05) is 6.07 Å². The maximum Gasteiger partial charge on any atom is 0.165 e. The van der Waals surface area contributed by atoms with E-state index in [2.05, 4.69) is 29.7 Å². The van der Waals surface area contributed by atoms with Crippen molar-refractivity contribution in [2.45, 2.75) is 25.4 Å². The highest BCUT2D eigenvalue weighted by molar-refractivity contribution is 5.54. The summed E-state index contributed by atoms with van der Waals surface area (Å²) in [4.78, 5) is 2.52. The van der Waals surface area contributed by atoms with Gasteiger partial charge in [-0.1, -0.05) is 18.7 Å². The zero-order valence-electron chi connectivity index (χ0n) is 16.8. The summed E-state index contributed by atoms with van der Waals surface area (Å²) < 4.78 is 22.6. The Balaban J connectivity index is 1.72. The predicted octanol–water partition coefficient (Wildman–Crippen LogP) is 3.93. The van der Waals surface area contributed by atoms with Crippen LogP contribution in [0.1, 0.15) is 28.3 Å². The molecule has 1 atom stereocenters.